The third kappa shape index (κ3) is 4.23. The highest BCUT2D eigenvalue weighted by Gasteiger charge is 2.41. The lowest BCUT2D eigenvalue weighted by Crippen LogP contribution is -2.34. The molecular weight excluding hydrogens is 581 g/mol. The van der Waals surface area contributed by atoms with Gasteiger partial charge in [-0.2, -0.15) is 13.2 Å². The lowest BCUT2D eigenvalue weighted by Gasteiger charge is -2.38. The van der Waals surface area contributed by atoms with Gasteiger partial charge in [-0.15, -0.1) is 0 Å². The summed E-state index contributed by atoms with van der Waals surface area (Å²) in [6.45, 7) is 0.108. The minimum Gasteiger partial charge on any atom is -0.497 e. The Bertz CT molecular complexity index is 2030. The van der Waals surface area contributed by atoms with Crippen molar-refractivity contribution in [2.24, 2.45) is 0 Å². The van der Waals surface area contributed by atoms with Gasteiger partial charge in [0.25, 0.3) is 0 Å². The zero-order valence-electron chi connectivity index (χ0n) is 24.5. The highest BCUT2D eigenvalue weighted by atomic mass is 19.4. The van der Waals surface area contributed by atoms with Crippen LogP contribution in [0.25, 0.3) is 28.0 Å². The van der Waals surface area contributed by atoms with Crippen molar-refractivity contribution in [1.29, 1.82) is 0 Å². The summed E-state index contributed by atoms with van der Waals surface area (Å²) in [6.07, 6.45) is 0.936. The van der Waals surface area contributed by atoms with Gasteiger partial charge in [-0.3, -0.25) is 0 Å². The van der Waals surface area contributed by atoms with Crippen LogP contribution in [0.3, 0.4) is 0 Å². The van der Waals surface area contributed by atoms with Gasteiger partial charge in [-0.1, -0.05) is 36.4 Å². The number of hydrogen-bond donors (Lipinski definition) is 0. The van der Waals surface area contributed by atoms with E-state index in [0.29, 0.717) is 45.9 Å². The van der Waals surface area contributed by atoms with Crippen LogP contribution in [0.5, 0.6) is 28.7 Å². The summed E-state index contributed by atoms with van der Waals surface area (Å²) < 4.78 is 71.9. The van der Waals surface area contributed by atoms with Gasteiger partial charge in [-0.05, 0) is 95.1 Å². The van der Waals surface area contributed by atoms with Crippen molar-refractivity contribution in [2.75, 3.05) is 21.0 Å². The average molecular weight is 609 g/mol. The molecule has 1 atom stereocenters. The molecule has 226 valence electrons. The van der Waals surface area contributed by atoms with Crippen LogP contribution in [0.1, 0.15) is 33.4 Å². The quantitative estimate of drug-likeness (QED) is 0.204. The average Bonchev–Trinajstić information content (AvgIpc) is 3.55. The highest BCUT2D eigenvalue weighted by molar-refractivity contribution is 6.06. The Morgan fingerprint density at radius 3 is 2.27 bits per heavy atom. The first-order valence-corrected chi connectivity index (χ1v) is 14.6. The van der Waals surface area contributed by atoms with Gasteiger partial charge in [0.15, 0.2) is 17.1 Å². The van der Waals surface area contributed by atoms with E-state index >= 15 is 0 Å². The highest BCUT2D eigenvalue weighted by Crippen LogP contribution is 2.53. The van der Waals surface area contributed by atoms with Crippen LogP contribution in [-0.2, 0) is 24.6 Å². The maximum absolute atomic E-state index is 14.2. The summed E-state index contributed by atoms with van der Waals surface area (Å²) in [5.74, 6) is 2.95. The normalized spacial score (nSPS) is 17.7. The zero-order chi connectivity index (χ0) is 30.9. The first kappa shape index (κ1) is 27.4. The summed E-state index contributed by atoms with van der Waals surface area (Å²) in [5, 5.41) is 1.08. The number of aryl methyl sites for hydroxylation is 1. The third-order valence-corrected chi connectivity index (χ3v) is 9.03. The molecule has 1 unspecified atom stereocenters. The number of benzene rings is 5. The minimum absolute atomic E-state index is 0.108. The molecule has 45 heavy (non-hydrogen) atoms. The molecule has 0 saturated carbocycles. The van der Waals surface area contributed by atoms with E-state index in [2.05, 4.69) is 0 Å². The van der Waals surface area contributed by atoms with Crippen molar-refractivity contribution in [3.8, 4) is 39.9 Å². The van der Waals surface area contributed by atoms with Crippen molar-refractivity contribution in [3.63, 3.8) is 0 Å². The predicted octanol–water partition coefficient (Wildman–Crippen LogP) is 8.72. The van der Waals surface area contributed by atoms with Crippen molar-refractivity contribution in [3.05, 3.63) is 118 Å². The Balaban J connectivity index is 1.42. The van der Waals surface area contributed by atoms with E-state index in [0.717, 1.165) is 51.4 Å². The van der Waals surface area contributed by atoms with E-state index in [4.69, 9.17) is 23.7 Å². The van der Waals surface area contributed by atoms with Crippen LogP contribution in [0, 0.1) is 0 Å². The number of halogens is 3. The Morgan fingerprint density at radius 1 is 0.733 bits per heavy atom. The van der Waals surface area contributed by atoms with Gasteiger partial charge in [0.05, 0.1) is 19.8 Å². The first-order chi connectivity index (χ1) is 21.8. The van der Waals surface area contributed by atoms with Gasteiger partial charge in [0, 0.05) is 22.1 Å². The molecule has 0 bridgehead atoms. The van der Waals surface area contributed by atoms with Gasteiger partial charge in [0.1, 0.15) is 17.2 Å². The fraction of sp³-hybridized carbons (Fsp3) is 0.189. The number of alkyl halides is 3. The molecule has 0 spiro atoms. The van der Waals surface area contributed by atoms with E-state index in [1.165, 1.54) is 6.07 Å². The second kappa shape index (κ2) is 9.95. The van der Waals surface area contributed by atoms with Gasteiger partial charge in [0.2, 0.25) is 6.79 Å². The Hall–Kier alpha value is -5.11. The molecule has 5 aromatic carbocycles. The number of ether oxygens (including phenoxy) is 5. The molecule has 0 amide bonds. The molecule has 0 N–H and O–H groups in total. The van der Waals surface area contributed by atoms with E-state index in [-0.39, 0.29) is 6.79 Å². The molecule has 0 radical (unpaired) electrons. The topological polar surface area (TPSA) is 46.2 Å². The van der Waals surface area contributed by atoms with Gasteiger partial charge < -0.3 is 23.7 Å². The maximum Gasteiger partial charge on any atom is 0.416 e. The summed E-state index contributed by atoms with van der Waals surface area (Å²) >= 11 is 0. The molecule has 3 aliphatic rings. The summed E-state index contributed by atoms with van der Waals surface area (Å²) in [6, 6.07) is 22.9. The molecule has 8 heteroatoms. The van der Waals surface area contributed by atoms with Crippen LogP contribution in [0.2, 0.25) is 0 Å². The number of hydrogen-bond acceptors (Lipinski definition) is 5. The first-order valence-electron chi connectivity index (χ1n) is 14.6. The minimum atomic E-state index is -4.53. The molecular formula is C37H27F3O5. The van der Waals surface area contributed by atoms with Crippen LogP contribution in [0.4, 0.5) is 13.2 Å². The third-order valence-electron chi connectivity index (χ3n) is 9.03. The molecule has 0 saturated heterocycles. The molecule has 1 aliphatic carbocycles. The van der Waals surface area contributed by atoms with Crippen LogP contribution >= 0.6 is 0 Å². The number of fused-ring (bicyclic) bond motifs is 9. The fourth-order valence-corrected chi connectivity index (χ4v) is 6.79. The Kier molecular flexibility index (Phi) is 6.07. The summed E-state index contributed by atoms with van der Waals surface area (Å²) in [5.41, 5.74) is 4.38. The molecule has 5 aromatic rings. The SMILES string of the molecule is COc1ccc(C2(c3ccc4c(c3)OCO4)C=Cc3c4c(c5ccc(C(F)(F)F)cc5c3O2)-c2cc(OC)ccc2CC4)cc1. The lowest BCUT2D eigenvalue weighted by atomic mass is 9.77. The van der Waals surface area contributed by atoms with Crippen LogP contribution in [-0.4, -0.2) is 21.0 Å². The van der Waals surface area contributed by atoms with Crippen molar-refractivity contribution < 1.29 is 36.9 Å². The summed E-state index contributed by atoms with van der Waals surface area (Å²) in [4.78, 5) is 0. The maximum atomic E-state index is 14.2. The smallest absolute Gasteiger partial charge is 0.416 e. The zero-order valence-corrected chi connectivity index (χ0v) is 24.5. The van der Waals surface area contributed by atoms with E-state index in [1.54, 1.807) is 20.3 Å². The molecule has 8 rings (SSSR count). The molecule has 0 fully saturated rings. The van der Waals surface area contributed by atoms with Crippen molar-refractivity contribution in [1.82, 2.24) is 0 Å². The Labute approximate surface area is 257 Å². The largest absolute Gasteiger partial charge is 0.497 e. The number of methoxy groups -OCH3 is 2. The molecule has 0 aromatic heterocycles. The molecule has 2 aliphatic heterocycles. The second-order valence-electron chi connectivity index (χ2n) is 11.3. The van der Waals surface area contributed by atoms with Gasteiger partial charge in [-0.25, -0.2) is 0 Å². The van der Waals surface area contributed by atoms with Crippen molar-refractivity contribution in [2.45, 2.75) is 24.6 Å². The lowest BCUT2D eigenvalue weighted by molar-refractivity contribution is -0.137. The van der Waals surface area contributed by atoms with E-state index in [9.17, 15) is 13.2 Å². The van der Waals surface area contributed by atoms with Gasteiger partial charge >= 0.3 is 6.18 Å². The summed E-state index contributed by atoms with van der Waals surface area (Å²) in [7, 11) is 3.20. The molecule has 5 nitrogen and oxygen atoms in total. The Morgan fingerprint density at radius 2 is 1.49 bits per heavy atom. The van der Waals surface area contributed by atoms with E-state index < -0.39 is 17.3 Å². The standard InChI is InChI=1S/C37H27F3O5/c1-41-25-10-5-22(6-11-25)36(23-8-14-32-33(18-23)44-20-43-32)16-15-29-27-12-4-21-3-9-26(42-2)19-30(21)34(27)28-13-7-24(37(38,39)40)17-31(28)35(29)45-36/h3,5-11,13-19H,4,12,20H2,1-2H3. The molecule has 2 heterocycles. The van der Waals surface area contributed by atoms with Crippen molar-refractivity contribution >= 4 is 16.8 Å². The van der Waals surface area contributed by atoms with E-state index in [1.807, 2.05) is 72.8 Å². The fourth-order valence-electron chi connectivity index (χ4n) is 6.79. The monoisotopic (exact) mass is 608 g/mol. The number of rotatable bonds is 4. The van der Waals surface area contributed by atoms with Crippen LogP contribution in [0.15, 0.2) is 84.9 Å². The predicted molar refractivity (Wildman–Crippen MR) is 164 cm³/mol. The second-order valence-corrected chi connectivity index (χ2v) is 11.3. The van der Waals surface area contributed by atoms with Crippen LogP contribution < -0.4 is 23.7 Å².